The number of nitrogens with two attached hydrogens (primary N) is 1. The van der Waals surface area contributed by atoms with Crippen molar-refractivity contribution < 1.29 is 4.74 Å². The highest BCUT2D eigenvalue weighted by Gasteiger charge is 2.40. The number of hydrogen-bond donors (Lipinski definition) is 1. The van der Waals surface area contributed by atoms with Crippen LogP contribution in [0.1, 0.15) is 17.5 Å². The van der Waals surface area contributed by atoms with Crippen LogP contribution < -0.4 is 5.73 Å². The number of aromatic nitrogens is 2. The molecule has 5 heteroatoms. The van der Waals surface area contributed by atoms with Gasteiger partial charge in [0.1, 0.15) is 18.5 Å². The number of amidine groups is 1. The second-order valence-electron chi connectivity index (χ2n) is 5.71. The number of aryl methyl sites for hydroxylation is 1. The van der Waals surface area contributed by atoms with E-state index in [9.17, 15) is 0 Å². The Morgan fingerprint density at radius 1 is 1.19 bits per heavy atom. The minimum absolute atomic E-state index is 0.192. The van der Waals surface area contributed by atoms with Gasteiger partial charge in [-0.1, -0.05) is 18.2 Å². The summed E-state index contributed by atoms with van der Waals surface area (Å²) < 4.78 is 5.41. The van der Waals surface area contributed by atoms with Crippen molar-refractivity contribution in [1.29, 1.82) is 0 Å². The van der Waals surface area contributed by atoms with Gasteiger partial charge in [-0.25, -0.2) is 15.0 Å². The molecule has 1 aliphatic carbocycles. The highest BCUT2D eigenvalue weighted by atomic mass is 16.5. The minimum Gasteiger partial charge on any atom is -0.463 e. The molecule has 0 radical (unpaired) electrons. The van der Waals surface area contributed by atoms with Crippen LogP contribution in [0.3, 0.4) is 0 Å². The molecule has 0 unspecified atom stereocenters. The van der Waals surface area contributed by atoms with E-state index >= 15 is 0 Å². The number of aliphatic imine (C=N–C) groups is 1. The largest absolute Gasteiger partial charge is 0.463 e. The molecule has 2 N–H and O–H groups in total. The Balaban J connectivity index is 1.80. The van der Waals surface area contributed by atoms with Gasteiger partial charge in [-0.3, -0.25) is 0 Å². The zero-order valence-corrected chi connectivity index (χ0v) is 11.6. The summed E-state index contributed by atoms with van der Waals surface area (Å²) in [6.45, 7) is 0.581. The fourth-order valence-corrected chi connectivity index (χ4v) is 3.30. The van der Waals surface area contributed by atoms with E-state index < -0.39 is 0 Å². The van der Waals surface area contributed by atoms with Crippen LogP contribution in [0.15, 0.2) is 41.9 Å². The monoisotopic (exact) mass is 280 g/mol. The van der Waals surface area contributed by atoms with E-state index in [2.05, 4.69) is 33.2 Å². The Bertz CT molecular complexity index is 713. The van der Waals surface area contributed by atoms with Crippen LogP contribution >= 0.6 is 0 Å². The molecule has 21 heavy (non-hydrogen) atoms. The maximum atomic E-state index is 5.72. The topological polar surface area (TPSA) is 73.4 Å². The van der Waals surface area contributed by atoms with Crippen LogP contribution in [0, 0.1) is 0 Å². The summed E-state index contributed by atoms with van der Waals surface area (Å²) in [5, 5.41) is 0. The predicted molar refractivity (Wildman–Crippen MR) is 79.8 cm³/mol. The molecule has 106 valence electrons. The normalized spacial score (nSPS) is 23.5. The average molecular weight is 280 g/mol. The standard InChI is InChI=1S/C16H16N4O/c17-15-20-16(9-21-15)5-4-11-2-1-3-13(14(11)6-16)12-7-18-10-19-8-12/h1-3,7-8,10H,4-6,9H2,(H2,17,20)/t16-/m1/s1. The lowest BCUT2D eigenvalue weighted by Crippen LogP contribution is -2.35. The number of benzene rings is 1. The van der Waals surface area contributed by atoms with E-state index in [-0.39, 0.29) is 5.54 Å². The fourth-order valence-electron chi connectivity index (χ4n) is 3.30. The first-order chi connectivity index (χ1) is 10.3. The lowest BCUT2D eigenvalue weighted by Gasteiger charge is -2.31. The summed E-state index contributed by atoms with van der Waals surface area (Å²) >= 11 is 0. The molecule has 0 fully saturated rings. The first kappa shape index (κ1) is 12.3. The quantitative estimate of drug-likeness (QED) is 0.863. The molecular formula is C16H16N4O. The molecular weight excluding hydrogens is 264 g/mol. The van der Waals surface area contributed by atoms with Crippen LogP contribution in [0.5, 0.6) is 0 Å². The lowest BCUT2D eigenvalue weighted by molar-refractivity contribution is 0.235. The number of rotatable bonds is 1. The summed E-state index contributed by atoms with van der Waals surface area (Å²) in [4.78, 5) is 12.8. The van der Waals surface area contributed by atoms with Crippen molar-refractivity contribution in [3.63, 3.8) is 0 Å². The minimum atomic E-state index is -0.192. The third-order valence-electron chi connectivity index (χ3n) is 4.35. The van der Waals surface area contributed by atoms with Crippen molar-refractivity contribution in [3.05, 3.63) is 48.0 Å². The number of hydrogen-bond acceptors (Lipinski definition) is 5. The summed E-state index contributed by atoms with van der Waals surface area (Å²) in [5.74, 6) is 0. The molecule has 5 nitrogen and oxygen atoms in total. The molecule has 0 saturated carbocycles. The van der Waals surface area contributed by atoms with Crippen molar-refractivity contribution in [2.45, 2.75) is 24.8 Å². The van der Waals surface area contributed by atoms with E-state index in [0.29, 0.717) is 12.6 Å². The molecule has 1 aromatic carbocycles. The smallest absolute Gasteiger partial charge is 0.282 e. The first-order valence-electron chi connectivity index (χ1n) is 7.10. The SMILES string of the molecule is NC1=N[C@@]2(CCc3cccc(-c4cncnc4)c3C2)CO1. The number of fused-ring (bicyclic) bond motifs is 1. The van der Waals surface area contributed by atoms with E-state index in [1.807, 2.05) is 12.4 Å². The predicted octanol–water partition coefficient (Wildman–Crippen LogP) is 1.72. The Kier molecular flexibility index (Phi) is 2.67. The zero-order chi connectivity index (χ0) is 14.3. The highest BCUT2D eigenvalue weighted by molar-refractivity contribution is 5.74. The Morgan fingerprint density at radius 2 is 2.05 bits per heavy atom. The van der Waals surface area contributed by atoms with Gasteiger partial charge < -0.3 is 10.5 Å². The summed E-state index contributed by atoms with van der Waals surface area (Å²) in [7, 11) is 0. The van der Waals surface area contributed by atoms with Crippen molar-refractivity contribution >= 4 is 6.02 Å². The molecule has 4 rings (SSSR count). The maximum absolute atomic E-state index is 5.72. The first-order valence-corrected chi connectivity index (χ1v) is 7.10. The number of nitrogens with zero attached hydrogens (tertiary/aromatic N) is 3. The van der Waals surface area contributed by atoms with Gasteiger partial charge in [-0.15, -0.1) is 0 Å². The second kappa shape index (κ2) is 4.55. The fraction of sp³-hybridized carbons (Fsp3) is 0.312. The molecule has 0 bridgehead atoms. The lowest BCUT2D eigenvalue weighted by atomic mass is 9.76. The zero-order valence-electron chi connectivity index (χ0n) is 11.6. The molecule has 1 aliphatic heterocycles. The van der Waals surface area contributed by atoms with Crippen LogP contribution in [0.2, 0.25) is 0 Å². The van der Waals surface area contributed by atoms with Gasteiger partial charge >= 0.3 is 0 Å². The molecule has 1 spiro atoms. The van der Waals surface area contributed by atoms with Crippen molar-refractivity contribution in [1.82, 2.24) is 9.97 Å². The van der Waals surface area contributed by atoms with Gasteiger partial charge in [0, 0.05) is 24.4 Å². The van der Waals surface area contributed by atoms with Crippen molar-refractivity contribution in [2.75, 3.05) is 6.61 Å². The Labute approximate surface area is 122 Å². The van der Waals surface area contributed by atoms with Gasteiger partial charge in [0.15, 0.2) is 0 Å². The van der Waals surface area contributed by atoms with Crippen LogP contribution in [0.25, 0.3) is 11.1 Å². The maximum Gasteiger partial charge on any atom is 0.282 e. The van der Waals surface area contributed by atoms with Crippen LogP contribution in [-0.2, 0) is 17.6 Å². The molecule has 0 amide bonds. The highest BCUT2D eigenvalue weighted by Crippen LogP contribution is 2.38. The van der Waals surface area contributed by atoms with E-state index in [0.717, 1.165) is 24.8 Å². The van der Waals surface area contributed by atoms with E-state index in [1.165, 1.54) is 16.7 Å². The van der Waals surface area contributed by atoms with E-state index in [4.69, 9.17) is 10.5 Å². The second-order valence-corrected chi connectivity index (χ2v) is 5.71. The summed E-state index contributed by atoms with van der Waals surface area (Å²) in [6.07, 6.45) is 8.09. The molecule has 2 aromatic rings. The summed E-state index contributed by atoms with van der Waals surface area (Å²) in [5.41, 5.74) is 10.5. The number of ether oxygens (including phenoxy) is 1. The van der Waals surface area contributed by atoms with Gasteiger partial charge in [0.25, 0.3) is 6.02 Å². The molecule has 1 atom stereocenters. The van der Waals surface area contributed by atoms with Gasteiger partial charge in [0.2, 0.25) is 0 Å². The van der Waals surface area contributed by atoms with Crippen molar-refractivity contribution in [3.8, 4) is 11.1 Å². The Morgan fingerprint density at radius 3 is 2.81 bits per heavy atom. The average Bonchev–Trinajstić information content (AvgIpc) is 2.88. The van der Waals surface area contributed by atoms with E-state index in [1.54, 1.807) is 6.33 Å². The molecule has 2 heterocycles. The van der Waals surface area contributed by atoms with Gasteiger partial charge in [-0.05, 0) is 29.5 Å². The third kappa shape index (κ3) is 2.05. The van der Waals surface area contributed by atoms with Gasteiger partial charge in [-0.2, -0.15) is 0 Å². The molecule has 2 aliphatic rings. The Hall–Kier alpha value is -2.43. The summed E-state index contributed by atoms with van der Waals surface area (Å²) in [6, 6.07) is 6.73. The van der Waals surface area contributed by atoms with Crippen molar-refractivity contribution in [2.24, 2.45) is 10.7 Å². The molecule has 1 aromatic heterocycles. The van der Waals surface area contributed by atoms with Crippen LogP contribution in [0.4, 0.5) is 0 Å². The third-order valence-corrected chi connectivity index (χ3v) is 4.35. The van der Waals surface area contributed by atoms with Gasteiger partial charge in [0.05, 0.1) is 0 Å². The van der Waals surface area contributed by atoms with Crippen LogP contribution in [-0.4, -0.2) is 28.1 Å². The molecule has 0 saturated heterocycles.